The van der Waals surface area contributed by atoms with Crippen molar-refractivity contribution in [3.8, 4) is 5.75 Å². The van der Waals surface area contributed by atoms with E-state index in [2.05, 4.69) is 32.7 Å². The molecule has 1 aliphatic heterocycles. The first kappa shape index (κ1) is 33.1. The number of nitrogens with one attached hydrogen (secondary N) is 2. The second-order valence-electron chi connectivity index (χ2n) is 11.6. The van der Waals surface area contributed by atoms with Gasteiger partial charge in [0.1, 0.15) is 18.2 Å². The van der Waals surface area contributed by atoms with Crippen molar-refractivity contribution in [3.63, 3.8) is 0 Å². The van der Waals surface area contributed by atoms with Gasteiger partial charge in [0.15, 0.2) is 5.96 Å². The van der Waals surface area contributed by atoms with Gasteiger partial charge in [-0.1, -0.05) is 54.6 Å². The number of hydrogen-bond acceptors (Lipinski definition) is 6. The van der Waals surface area contributed by atoms with Crippen LogP contribution in [0.15, 0.2) is 102 Å². The van der Waals surface area contributed by atoms with E-state index in [4.69, 9.17) is 21.9 Å². The number of nitrogens with zero attached hydrogens (tertiary/aromatic N) is 2. The predicted octanol–water partition coefficient (Wildman–Crippen LogP) is 4.21. The van der Waals surface area contributed by atoms with E-state index < -0.39 is 11.9 Å². The molecule has 2 amide bonds. The van der Waals surface area contributed by atoms with Gasteiger partial charge in [-0.3, -0.25) is 14.5 Å². The lowest BCUT2D eigenvalue weighted by molar-refractivity contribution is -0.117. The van der Waals surface area contributed by atoms with Crippen LogP contribution in [0.1, 0.15) is 39.9 Å². The zero-order chi connectivity index (χ0) is 33.2. The van der Waals surface area contributed by atoms with Crippen molar-refractivity contribution >= 4 is 29.1 Å². The fourth-order valence-electron chi connectivity index (χ4n) is 5.43. The Bertz CT molecular complexity index is 1670. The highest BCUT2D eigenvalue weighted by Crippen LogP contribution is 2.26. The van der Waals surface area contributed by atoms with Gasteiger partial charge in [-0.2, -0.15) is 0 Å². The normalized spacial score (nSPS) is 14.2. The average Bonchev–Trinajstić information content (AvgIpc) is 3.06. The largest absolute Gasteiger partial charge is 0.488 e. The van der Waals surface area contributed by atoms with E-state index in [1.165, 1.54) is 17.7 Å². The van der Waals surface area contributed by atoms with Crippen LogP contribution in [0.25, 0.3) is 0 Å². The van der Waals surface area contributed by atoms with E-state index in [0.29, 0.717) is 16.9 Å². The number of hydrogen-bond donors (Lipinski definition) is 5. The van der Waals surface area contributed by atoms with Crippen LogP contribution < -0.4 is 32.6 Å². The number of benzene rings is 4. The summed E-state index contributed by atoms with van der Waals surface area (Å²) in [5, 5.41) is 5.99. The van der Waals surface area contributed by atoms with Crippen molar-refractivity contribution in [2.24, 2.45) is 22.2 Å². The first-order valence-corrected chi connectivity index (χ1v) is 15.6. The van der Waals surface area contributed by atoms with Crippen molar-refractivity contribution in [3.05, 3.63) is 125 Å². The van der Waals surface area contributed by atoms with E-state index in [-0.39, 0.29) is 42.5 Å². The minimum Gasteiger partial charge on any atom is -0.488 e. The number of guanidine groups is 1. The summed E-state index contributed by atoms with van der Waals surface area (Å²) in [4.78, 5) is 32.9. The van der Waals surface area contributed by atoms with Crippen LogP contribution in [0.2, 0.25) is 0 Å². The third-order valence-electron chi connectivity index (χ3n) is 7.96. The summed E-state index contributed by atoms with van der Waals surface area (Å²) < 4.78 is 19.5. The lowest BCUT2D eigenvalue weighted by Gasteiger charge is -2.32. The van der Waals surface area contributed by atoms with E-state index in [9.17, 15) is 14.0 Å². The van der Waals surface area contributed by atoms with E-state index in [0.717, 1.165) is 43.6 Å². The molecule has 244 valence electrons. The molecule has 10 nitrogen and oxygen atoms in total. The molecule has 1 atom stereocenters. The number of amides is 2. The summed E-state index contributed by atoms with van der Waals surface area (Å²) in [6.45, 7) is 2.73. The molecule has 0 radical (unpaired) electrons. The Kier molecular flexibility index (Phi) is 11.2. The Labute approximate surface area is 273 Å². The van der Waals surface area contributed by atoms with Crippen LogP contribution in [-0.4, -0.2) is 47.8 Å². The van der Waals surface area contributed by atoms with Crippen molar-refractivity contribution < 1.29 is 18.7 Å². The molecular weight excluding hydrogens is 597 g/mol. The van der Waals surface area contributed by atoms with Crippen molar-refractivity contribution in [1.82, 2.24) is 10.2 Å². The third-order valence-corrected chi connectivity index (χ3v) is 7.96. The summed E-state index contributed by atoms with van der Waals surface area (Å²) in [5.41, 5.74) is 21.3. The summed E-state index contributed by atoms with van der Waals surface area (Å²) in [7, 11) is 0. The number of carbonyl (C=O) groups is 2. The molecular formula is C36H40FN7O3. The first-order valence-electron chi connectivity index (χ1n) is 15.6. The van der Waals surface area contributed by atoms with Gasteiger partial charge in [0.25, 0.3) is 5.91 Å². The molecule has 1 heterocycles. The number of likely N-dealkylation sites (tertiary alicyclic amines) is 1. The zero-order valence-corrected chi connectivity index (χ0v) is 26.1. The highest BCUT2D eigenvalue weighted by molar-refractivity contribution is 5.99. The number of rotatable bonds is 12. The highest BCUT2D eigenvalue weighted by Gasteiger charge is 2.23. The lowest BCUT2D eigenvalue weighted by atomic mass is 10.0. The molecule has 4 aromatic rings. The Morgan fingerprint density at radius 2 is 1.57 bits per heavy atom. The van der Waals surface area contributed by atoms with Crippen LogP contribution in [0.3, 0.4) is 0 Å². The van der Waals surface area contributed by atoms with Gasteiger partial charge >= 0.3 is 0 Å². The van der Waals surface area contributed by atoms with E-state index in [1.54, 1.807) is 54.6 Å². The van der Waals surface area contributed by atoms with Gasteiger partial charge in [0.2, 0.25) is 5.91 Å². The minimum atomic E-state index is -0.844. The summed E-state index contributed by atoms with van der Waals surface area (Å²) in [6.07, 6.45) is 1.94. The van der Waals surface area contributed by atoms with Gasteiger partial charge in [-0.15, -0.1) is 0 Å². The lowest BCUT2D eigenvalue weighted by Crippen LogP contribution is -2.44. The second kappa shape index (κ2) is 15.8. The molecule has 0 aliphatic carbocycles. The zero-order valence-electron chi connectivity index (χ0n) is 26.1. The molecule has 1 saturated heterocycles. The number of nitrogens with two attached hydrogens (primary N) is 3. The number of anilines is 1. The quantitative estimate of drug-likeness (QED) is 0.115. The molecule has 0 spiro atoms. The summed E-state index contributed by atoms with van der Waals surface area (Å²) >= 11 is 0. The van der Waals surface area contributed by atoms with Crippen LogP contribution in [0, 0.1) is 5.82 Å². The van der Waals surface area contributed by atoms with Gasteiger partial charge in [-0.25, -0.2) is 9.38 Å². The summed E-state index contributed by atoms with van der Waals surface area (Å²) in [5.74, 6) is -0.774. The molecule has 47 heavy (non-hydrogen) atoms. The number of carbonyl (C=O) groups excluding carboxylic acids is 2. The third kappa shape index (κ3) is 9.86. The predicted molar refractivity (Wildman–Crippen MR) is 182 cm³/mol. The van der Waals surface area contributed by atoms with Crippen molar-refractivity contribution in [2.45, 2.75) is 44.5 Å². The number of piperidine rings is 1. The highest BCUT2D eigenvalue weighted by atomic mass is 19.1. The number of aliphatic imine (C=N–C) groups is 1. The molecule has 5 rings (SSSR count). The van der Waals surface area contributed by atoms with Crippen LogP contribution >= 0.6 is 0 Å². The summed E-state index contributed by atoms with van der Waals surface area (Å²) in [6, 6.07) is 27.4. The fraction of sp³-hybridized carbons (Fsp3) is 0.250. The number of ether oxygens (including phenoxy) is 1. The maximum Gasteiger partial charge on any atom is 0.255 e. The first-order chi connectivity index (χ1) is 22.7. The molecule has 8 N–H and O–H groups in total. The van der Waals surface area contributed by atoms with Crippen molar-refractivity contribution in [2.75, 3.05) is 18.4 Å². The Hall–Kier alpha value is -5.26. The Morgan fingerprint density at radius 3 is 2.26 bits per heavy atom. The van der Waals surface area contributed by atoms with Gasteiger partial charge in [-0.05, 0) is 72.4 Å². The molecule has 0 bridgehead atoms. The SMILES string of the molecule is NC(N)=Nc1ccc(C[C@H](N)C(=O)Nc2ccc(C(=O)NC3CCN(Cc4ccccc4)CC3)c(OCc3ccc(F)cc3)c2)cc1. The van der Waals surface area contributed by atoms with Crippen molar-refractivity contribution in [1.29, 1.82) is 0 Å². The Morgan fingerprint density at radius 1 is 0.894 bits per heavy atom. The fourth-order valence-corrected chi connectivity index (χ4v) is 5.43. The molecule has 4 aromatic carbocycles. The second-order valence-corrected chi connectivity index (χ2v) is 11.6. The maximum absolute atomic E-state index is 13.5. The van der Waals surface area contributed by atoms with Crippen LogP contribution in [-0.2, 0) is 24.4 Å². The monoisotopic (exact) mass is 637 g/mol. The van der Waals surface area contributed by atoms with E-state index in [1.807, 2.05) is 18.2 Å². The smallest absolute Gasteiger partial charge is 0.255 e. The standard InChI is InChI=1S/C36H40FN7O3/c37-27-10-6-26(7-11-27)23-47-33-21-30(42-35(46)32(38)20-24-8-12-28(13-9-24)43-36(39)40)14-15-31(33)34(45)41-29-16-18-44(19-17-29)22-25-4-2-1-3-5-25/h1-15,21,29,32H,16-20,22-23,38H2,(H,41,45)(H,42,46)(H4,39,40,43)/t32-/m0/s1. The topological polar surface area (TPSA) is 161 Å². The Balaban J connectivity index is 1.23. The van der Waals surface area contributed by atoms with Gasteiger partial charge in [0, 0.05) is 37.4 Å². The molecule has 1 fully saturated rings. The van der Waals surface area contributed by atoms with Gasteiger partial charge < -0.3 is 32.6 Å². The molecule has 0 unspecified atom stereocenters. The van der Waals surface area contributed by atoms with E-state index >= 15 is 0 Å². The van der Waals surface area contributed by atoms with Crippen LogP contribution in [0.5, 0.6) is 5.75 Å². The van der Waals surface area contributed by atoms with Gasteiger partial charge in [0.05, 0.1) is 17.3 Å². The number of halogens is 1. The van der Waals surface area contributed by atoms with Crippen LogP contribution in [0.4, 0.5) is 15.8 Å². The minimum absolute atomic E-state index is 0.0189. The molecule has 1 aliphatic rings. The average molecular weight is 638 g/mol. The maximum atomic E-state index is 13.5. The molecule has 11 heteroatoms. The molecule has 0 saturated carbocycles. The molecule has 0 aromatic heterocycles.